The van der Waals surface area contributed by atoms with Crippen LogP contribution >= 0.6 is 15.9 Å². The van der Waals surface area contributed by atoms with E-state index in [2.05, 4.69) is 26.0 Å². The third-order valence-electron chi connectivity index (χ3n) is 2.59. The Kier molecular flexibility index (Phi) is 4.39. The van der Waals surface area contributed by atoms with E-state index in [4.69, 9.17) is 4.42 Å². The Morgan fingerprint density at radius 3 is 2.20 bits per heavy atom. The van der Waals surface area contributed by atoms with E-state index >= 15 is 0 Å². The maximum absolute atomic E-state index is 11.1. The molecule has 0 aliphatic rings. The smallest absolute Gasteiger partial charge is 0.229 e. The van der Waals surface area contributed by atoms with Gasteiger partial charge in [0.25, 0.3) is 0 Å². The maximum atomic E-state index is 11.1. The van der Waals surface area contributed by atoms with Crippen LogP contribution in [0.4, 0.5) is 11.4 Å². The fourth-order valence-electron chi connectivity index (χ4n) is 1.73. The van der Waals surface area contributed by atoms with E-state index in [9.17, 15) is 8.42 Å². The van der Waals surface area contributed by atoms with Crippen LogP contribution in [-0.4, -0.2) is 14.7 Å². The summed E-state index contributed by atoms with van der Waals surface area (Å²) in [6.07, 6.45) is 1.12. The minimum atomic E-state index is -3.24. The van der Waals surface area contributed by atoms with Gasteiger partial charge in [0.1, 0.15) is 5.76 Å². The van der Waals surface area contributed by atoms with Crippen molar-refractivity contribution in [3.05, 3.63) is 46.8 Å². The average molecular weight is 359 g/mol. The fourth-order valence-corrected chi connectivity index (χ4v) is 2.61. The highest BCUT2D eigenvalue weighted by atomic mass is 79.9. The monoisotopic (exact) mass is 358 g/mol. The molecule has 0 aliphatic heterocycles. The summed E-state index contributed by atoms with van der Waals surface area (Å²) in [6, 6.07) is 10.8. The number of anilines is 2. The van der Waals surface area contributed by atoms with Gasteiger partial charge in [0.05, 0.1) is 12.3 Å². The second-order valence-electron chi connectivity index (χ2n) is 4.46. The van der Waals surface area contributed by atoms with E-state index in [1.54, 1.807) is 12.1 Å². The van der Waals surface area contributed by atoms with E-state index in [1.807, 2.05) is 31.2 Å². The second kappa shape index (κ2) is 5.88. The van der Waals surface area contributed by atoms with E-state index in [0.29, 0.717) is 10.4 Å². The van der Waals surface area contributed by atoms with Crippen molar-refractivity contribution in [1.82, 2.24) is 0 Å². The molecule has 0 bridgehead atoms. The van der Waals surface area contributed by atoms with Gasteiger partial charge >= 0.3 is 0 Å². The quantitative estimate of drug-likeness (QED) is 0.856. The molecule has 1 heterocycles. The highest BCUT2D eigenvalue weighted by molar-refractivity contribution is 9.10. The molecule has 20 heavy (non-hydrogen) atoms. The summed E-state index contributed by atoms with van der Waals surface area (Å²) < 4.78 is 30.8. The van der Waals surface area contributed by atoms with Crippen molar-refractivity contribution in [2.75, 3.05) is 16.3 Å². The molecule has 5 nitrogen and oxygen atoms in total. The van der Waals surface area contributed by atoms with Crippen molar-refractivity contribution in [1.29, 1.82) is 0 Å². The number of hydrogen-bond acceptors (Lipinski definition) is 4. The van der Waals surface area contributed by atoms with Crippen LogP contribution in [0, 0.1) is 0 Å². The highest BCUT2D eigenvalue weighted by Gasteiger charge is 2.09. The van der Waals surface area contributed by atoms with Crippen LogP contribution in [0.15, 0.2) is 45.5 Å². The summed E-state index contributed by atoms with van der Waals surface area (Å²) in [5.74, 6) is 0.815. The van der Waals surface area contributed by atoms with Crippen molar-refractivity contribution in [3.63, 3.8) is 0 Å². The first-order valence-electron chi connectivity index (χ1n) is 5.93. The Bertz CT molecular complexity index is 680. The van der Waals surface area contributed by atoms with Gasteiger partial charge in [0, 0.05) is 11.4 Å². The lowest BCUT2D eigenvalue weighted by Crippen LogP contribution is -2.09. The average Bonchev–Trinajstić information content (AvgIpc) is 2.77. The number of furan rings is 1. The van der Waals surface area contributed by atoms with Crippen LogP contribution in [0.5, 0.6) is 0 Å². The Labute approximate surface area is 126 Å². The van der Waals surface area contributed by atoms with Gasteiger partial charge in [-0.2, -0.15) is 0 Å². The molecule has 0 radical (unpaired) electrons. The van der Waals surface area contributed by atoms with Crippen molar-refractivity contribution in [2.45, 2.75) is 13.0 Å². The summed E-state index contributed by atoms with van der Waals surface area (Å²) in [5.41, 5.74) is 1.41. The van der Waals surface area contributed by atoms with Gasteiger partial charge in [-0.1, -0.05) is 0 Å². The van der Waals surface area contributed by atoms with Crippen LogP contribution in [0.3, 0.4) is 0 Å². The van der Waals surface area contributed by atoms with E-state index in [-0.39, 0.29) is 6.04 Å². The minimum Gasteiger partial charge on any atom is -0.452 e. The number of sulfonamides is 1. The fraction of sp³-hybridized carbons (Fsp3) is 0.231. The van der Waals surface area contributed by atoms with Gasteiger partial charge in [-0.15, -0.1) is 0 Å². The number of hydrogen-bond donors (Lipinski definition) is 2. The van der Waals surface area contributed by atoms with Gasteiger partial charge < -0.3 is 9.73 Å². The van der Waals surface area contributed by atoms with Gasteiger partial charge in [-0.3, -0.25) is 4.72 Å². The molecule has 1 aromatic carbocycles. The van der Waals surface area contributed by atoms with E-state index < -0.39 is 10.0 Å². The molecule has 2 rings (SSSR count). The molecule has 0 spiro atoms. The maximum Gasteiger partial charge on any atom is 0.229 e. The van der Waals surface area contributed by atoms with Crippen molar-refractivity contribution in [3.8, 4) is 0 Å². The first kappa shape index (κ1) is 14.9. The van der Waals surface area contributed by atoms with E-state index in [0.717, 1.165) is 17.7 Å². The normalized spacial score (nSPS) is 12.9. The predicted octanol–water partition coefficient (Wildman–Crippen LogP) is 3.59. The lowest BCUT2D eigenvalue weighted by atomic mass is 10.2. The summed E-state index contributed by atoms with van der Waals surface area (Å²) in [6.45, 7) is 1.98. The zero-order valence-electron chi connectivity index (χ0n) is 11.1. The molecule has 1 atom stereocenters. The second-order valence-corrected chi connectivity index (χ2v) is 6.99. The SMILES string of the molecule is CC(Nc1ccc(NS(C)(=O)=O)cc1)c1ccc(Br)o1. The summed E-state index contributed by atoms with van der Waals surface area (Å²) in [5, 5.41) is 3.27. The Morgan fingerprint density at radius 2 is 1.70 bits per heavy atom. The molecule has 2 N–H and O–H groups in total. The van der Waals surface area contributed by atoms with Crippen LogP contribution in [0.25, 0.3) is 0 Å². The van der Waals surface area contributed by atoms with Gasteiger partial charge in [-0.05, 0) is 59.3 Å². The third kappa shape index (κ3) is 4.28. The van der Waals surface area contributed by atoms with Gasteiger partial charge in [0.15, 0.2) is 4.67 Å². The van der Waals surface area contributed by atoms with Gasteiger partial charge in [-0.25, -0.2) is 8.42 Å². The summed E-state index contributed by atoms with van der Waals surface area (Å²) >= 11 is 3.26. The van der Waals surface area contributed by atoms with Crippen LogP contribution < -0.4 is 10.0 Å². The topological polar surface area (TPSA) is 71.3 Å². The number of benzene rings is 1. The van der Waals surface area contributed by atoms with Crippen LogP contribution in [0.2, 0.25) is 0 Å². The zero-order valence-corrected chi connectivity index (χ0v) is 13.5. The van der Waals surface area contributed by atoms with Crippen LogP contribution in [-0.2, 0) is 10.0 Å². The Balaban J connectivity index is 2.03. The molecule has 1 aromatic heterocycles. The first-order valence-corrected chi connectivity index (χ1v) is 8.61. The number of nitrogens with one attached hydrogen (secondary N) is 2. The van der Waals surface area contributed by atoms with Crippen molar-refractivity contribution in [2.24, 2.45) is 0 Å². The number of halogens is 1. The lowest BCUT2D eigenvalue weighted by molar-refractivity contribution is 0.471. The predicted molar refractivity (Wildman–Crippen MR) is 83.4 cm³/mol. The molecule has 0 fully saturated rings. The number of rotatable bonds is 5. The molecule has 2 aromatic rings. The molecule has 0 saturated carbocycles. The molecular formula is C13H15BrN2O3S. The molecule has 0 amide bonds. The van der Waals surface area contributed by atoms with Crippen molar-refractivity contribution >= 4 is 37.3 Å². The molecule has 108 valence electrons. The standard InChI is InChI=1S/C13H15BrN2O3S/c1-9(12-7-8-13(14)19-12)15-10-3-5-11(6-4-10)16-20(2,17)18/h3-9,15-16H,1-2H3. The summed E-state index contributed by atoms with van der Waals surface area (Å²) in [7, 11) is -3.24. The van der Waals surface area contributed by atoms with Gasteiger partial charge in [0.2, 0.25) is 10.0 Å². The molecular weight excluding hydrogens is 344 g/mol. The van der Waals surface area contributed by atoms with Crippen molar-refractivity contribution < 1.29 is 12.8 Å². The largest absolute Gasteiger partial charge is 0.452 e. The Hall–Kier alpha value is -1.47. The van der Waals surface area contributed by atoms with E-state index in [1.165, 1.54) is 0 Å². The highest BCUT2D eigenvalue weighted by Crippen LogP contribution is 2.24. The molecule has 7 heteroatoms. The molecule has 0 aliphatic carbocycles. The first-order chi connectivity index (χ1) is 9.33. The molecule has 0 saturated heterocycles. The minimum absolute atomic E-state index is 0.00927. The molecule has 1 unspecified atom stereocenters. The third-order valence-corrected chi connectivity index (χ3v) is 3.62. The summed E-state index contributed by atoms with van der Waals surface area (Å²) in [4.78, 5) is 0. The Morgan fingerprint density at radius 1 is 1.10 bits per heavy atom. The lowest BCUT2D eigenvalue weighted by Gasteiger charge is -2.13. The zero-order chi connectivity index (χ0) is 14.8. The van der Waals surface area contributed by atoms with Crippen LogP contribution in [0.1, 0.15) is 18.7 Å².